The fourth-order valence-corrected chi connectivity index (χ4v) is 1.99. The van der Waals surface area contributed by atoms with Crippen LogP contribution < -0.4 is 0 Å². The van der Waals surface area contributed by atoms with Crippen LogP contribution in [-0.2, 0) is 20.9 Å². The molecule has 0 saturated heterocycles. The molecule has 0 aromatic rings. The summed E-state index contributed by atoms with van der Waals surface area (Å²) in [5.74, 6) is 1.00. The van der Waals surface area contributed by atoms with Crippen molar-refractivity contribution in [2.75, 3.05) is 14.1 Å². The van der Waals surface area contributed by atoms with Crippen molar-refractivity contribution in [3.63, 3.8) is 0 Å². The van der Waals surface area contributed by atoms with Gasteiger partial charge < -0.3 is 18.2 Å². The first-order valence-corrected chi connectivity index (χ1v) is 9.83. The van der Waals surface area contributed by atoms with E-state index in [2.05, 4.69) is 49.2 Å². The van der Waals surface area contributed by atoms with Gasteiger partial charge in [0, 0.05) is 0 Å². The molecule has 2 rings (SSSR count). The molecule has 0 N–H and O–H groups in total. The van der Waals surface area contributed by atoms with Gasteiger partial charge in [-0.2, -0.15) is 39.8 Å². The molecule has 2 aliphatic rings. The molecule has 0 atom stereocenters. The van der Waals surface area contributed by atoms with Crippen LogP contribution in [0.15, 0.2) is 3.34 Å². The van der Waals surface area contributed by atoms with Gasteiger partial charge in [0.1, 0.15) is 0 Å². The van der Waals surface area contributed by atoms with Crippen molar-refractivity contribution in [3.05, 3.63) is 18.2 Å². The summed E-state index contributed by atoms with van der Waals surface area (Å²) >= 11 is 1.52. The maximum Gasteiger partial charge on any atom is -0.0491 e. The van der Waals surface area contributed by atoms with Crippen LogP contribution in [0.1, 0.15) is 85.5 Å². The molecule has 0 spiro atoms. The van der Waals surface area contributed by atoms with Crippen molar-refractivity contribution >= 4 is 0 Å². The van der Waals surface area contributed by atoms with E-state index in [1.165, 1.54) is 78.7 Å². The summed E-state index contributed by atoms with van der Waals surface area (Å²) < 4.78 is 4.07. The molecule has 2 nitrogen and oxygen atoms in total. The average Bonchev–Trinajstić information content (AvgIpc) is 2.51. The summed E-state index contributed by atoms with van der Waals surface area (Å²) in [6.45, 7) is 8.61. The van der Waals surface area contributed by atoms with Crippen LogP contribution in [0.3, 0.4) is 0 Å². The maximum absolute atomic E-state index is 4.07. The Labute approximate surface area is 153 Å². The Balaban J connectivity index is 0. The van der Waals surface area contributed by atoms with Crippen molar-refractivity contribution in [2.24, 2.45) is 9.26 Å². The van der Waals surface area contributed by atoms with Gasteiger partial charge in [-0.25, -0.2) is 0 Å². The topological polar surface area (TPSA) is 26.5 Å². The smallest absolute Gasteiger partial charge is 0.0491 e. The predicted octanol–water partition coefficient (Wildman–Crippen LogP) is 6.69. The average molecular weight is 388 g/mol. The minimum atomic E-state index is 0.189. The Hall–Kier alpha value is 0.500. The second-order valence-corrected chi connectivity index (χ2v) is 7.68. The van der Waals surface area contributed by atoms with Crippen LogP contribution in [0.25, 0.3) is 5.32 Å². The molecule has 0 amide bonds. The van der Waals surface area contributed by atoms with Crippen LogP contribution in [0.2, 0.25) is 0 Å². The molecule has 22 heavy (non-hydrogen) atoms. The molecule has 2 fully saturated rings. The normalized spacial score (nSPS) is 18.4. The minimum Gasteiger partial charge on any atom is -0.668 e. The van der Waals surface area contributed by atoms with Gasteiger partial charge >= 0.3 is 50.5 Å². The summed E-state index contributed by atoms with van der Waals surface area (Å²) in [4.78, 5) is 0. The van der Waals surface area contributed by atoms with E-state index >= 15 is 0 Å². The van der Waals surface area contributed by atoms with Crippen LogP contribution in [-0.4, -0.2) is 19.6 Å². The van der Waals surface area contributed by atoms with Gasteiger partial charge in [-0.05, 0) is 5.92 Å². The summed E-state index contributed by atoms with van der Waals surface area (Å²) in [6, 6.07) is 0. The van der Waals surface area contributed by atoms with E-state index in [4.69, 9.17) is 0 Å². The molecular formula is C19H39N2Nb-3. The summed E-state index contributed by atoms with van der Waals surface area (Å²) in [7, 11) is 3.50. The summed E-state index contributed by atoms with van der Waals surface area (Å²) in [6.07, 6.45) is 17.5. The Morgan fingerprint density at radius 2 is 1.27 bits per heavy atom. The third-order valence-electron chi connectivity index (χ3n) is 3.34. The standard InChI is InChI=1S/C7H13.C6H11.C4H9N.C2H6N.Nb/c1-7-5-3-2-4-6-7;1-2-4-6-5-3-1;1-4(2,3)5;1-3-2;/h2,7H,3-6H2,1H3;1H,2-6H2;1-3H3;1-2H3;/q2*-1;;-1;. The van der Waals surface area contributed by atoms with E-state index in [0.717, 1.165) is 5.92 Å². The van der Waals surface area contributed by atoms with Gasteiger partial charge in [-0.3, -0.25) is 0 Å². The molecular weight excluding hydrogens is 349 g/mol. The van der Waals surface area contributed by atoms with Crippen molar-refractivity contribution in [3.8, 4) is 0 Å². The fraction of sp³-hybridized carbons (Fsp3) is 0.895. The van der Waals surface area contributed by atoms with Gasteiger partial charge in [0.05, 0.1) is 0 Å². The SMILES string of the molecule is CC(C)(C)[N]=[Nb].CC1CC[CH-]CC1.C[N-]C.[CH-]1CCCCC1. The first kappa shape index (κ1) is 24.7. The molecule has 3 heteroatoms. The molecule has 2 saturated carbocycles. The number of hydrogen-bond acceptors (Lipinski definition) is 1. The van der Waals surface area contributed by atoms with Crippen LogP contribution >= 0.6 is 0 Å². The molecule has 0 aliphatic heterocycles. The molecule has 2 aliphatic carbocycles. The Kier molecular flexibility index (Phi) is 20.1. The van der Waals surface area contributed by atoms with Gasteiger partial charge in [0.25, 0.3) is 0 Å². The Morgan fingerprint density at radius 3 is 1.41 bits per heavy atom. The number of rotatable bonds is 0. The number of nitrogens with zero attached hydrogens (tertiary/aromatic N) is 2. The molecule has 133 valence electrons. The Bertz CT molecular complexity index is 202. The van der Waals surface area contributed by atoms with E-state index in [-0.39, 0.29) is 5.54 Å². The van der Waals surface area contributed by atoms with Gasteiger partial charge in [0.15, 0.2) is 0 Å². The monoisotopic (exact) mass is 388 g/mol. The second-order valence-electron chi connectivity index (χ2n) is 7.19. The van der Waals surface area contributed by atoms with Gasteiger partial charge in [-0.1, -0.05) is 39.0 Å². The van der Waals surface area contributed by atoms with Crippen LogP contribution in [0.4, 0.5) is 0 Å². The summed E-state index contributed by atoms with van der Waals surface area (Å²) in [5, 5.41) is 3.50. The van der Waals surface area contributed by atoms with E-state index in [9.17, 15) is 0 Å². The zero-order valence-corrected chi connectivity index (χ0v) is 18.1. The molecule has 0 aromatic heterocycles. The zero-order chi connectivity index (χ0) is 17.3. The molecule has 0 radical (unpaired) electrons. The van der Waals surface area contributed by atoms with Crippen molar-refractivity contribution in [2.45, 2.75) is 91.0 Å². The van der Waals surface area contributed by atoms with Crippen LogP contribution in [0.5, 0.6) is 0 Å². The maximum atomic E-state index is 4.07. The van der Waals surface area contributed by atoms with E-state index < -0.39 is 0 Å². The number of hydrogen-bond donors (Lipinski definition) is 0. The summed E-state index contributed by atoms with van der Waals surface area (Å²) in [5.41, 5.74) is 0.189. The predicted molar refractivity (Wildman–Crippen MR) is 96.7 cm³/mol. The van der Waals surface area contributed by atoms with Crippen molar-refractivity contribution in [1.29, 1.82) is 0 Å². The first-order chi connectivity index (χ1) is 10.4. The minimum absolute atomic E-state index is 0.189. The van der Waals surface area contributed by atoms with E-state index in [1.807, 2.05) is 0 Å². The van der Waals surface area contributed by atoms with Crippen LogP contribution in [0, 0.1) is 18.8 Å². The fourth-order valence-electron chi connectivity index (χ4n) is 1.99. The third kappa shape index (κ3) is 25.5. The molecule has 0 heterocycles. The zero-order valence-electron chi connectivity index (χ0n) is 15.9. The molecule has 0 unspecified atom stereocenters. The van der Waals surface area contributed by atoms with E-state index in [0.29, 0.717) is 0 Å². The second kappa shape index (κ2) is 17.8. The van der Waals surface area contributed by atoms with Crippen molar-refractivity contribution < 1.29 is 20.9 Å². The van der Waals surface area contributed by atoms with Gasteiger partial charge in [0.2, 0.25) is 0 Å². The molecule has 0 bridgehead atoms. The largest absolute Gasteiger partial charge is 0.668 e. The Morgan fingerprint density at radius 1 is 0.909 bits per heavy atom. The van der Waals surface area contributed by atoms with E-state index in [1.54, 1.807) is 14.1 Å². The first-order valence-electron chi connectivity index (χ1n) is 8.84. The van der Waals surface area contributed by atoms with Crippen molar-refractivity contribution in [1.82, 2.24) is 0 Å². The quantitative estimate of drug-likeness (QED) is 0.326. The molecule has 0 aromatic carbocycles. The third-order valence-corrected chi connectivity index (χ3v) is 4.82. The van der Waals surface area contributed by atoms with Gasteiger partial charge in [-0.15, -0.1) is 0 Å².